The van der Waals surface area contributed by atoms with Crippen molar-refractivity contribution in [1.29, 1.82) is 0 Å². The van der Waals surface area contributed by atoms with Crippen LogP contribution in [0.4, 0.5) is 5.13 Å². The number of ether oxygens (including phenoxy) is 1. The van der Waals surface area contributed by atoms with E-state index in [1.54, 1.807) is 7.11 Å². The van der Waals surface area contributed by atoms with Crippen LogP contribution in [0.1, 0.15) is 17.5 Å². The summed E-state index contributed by atoms with van der Waals surface area (Å²) in [6.07, 6.45) is 0. The number of rotatable bonds is 6. The summed E-state index contributed by atoms with van der Waals surface area (Å²) < 4.78 is 7.06. The van der Waals surface area contributed by atoms with Crippen molar-refractivity contribution in [2.24, 2.45) is 7.05 Å². The van der Waals surface area contributed by atoms with Gasteiger partial charge in [0.1, 0.15) is 5.75 Å². The van der Waals surface area contributed by atoms with Crippen molar-refractivity contribution in [1.82, 2.24) is 19.7 Å². The number of aryl methyl sites for hydroxylation is 2. The van der Waals surface area contributed by atoms with Gasteiger partial charge in [0.2, 0.25) is 5.91 Å². The molecule has 7 nitrogen and oxygen atoms in total. The molecule has 1 aromatic carbocycles. The van der Waals surface area contributed by atoms with Gasteiger partial charge in [-0.3, -0.25) is 4.79 Å². The maximum atomic E-state index is 12.5. The number of nitrogens with zero attached hydrogens (tertiary/aromatic N) is 4. The van der Waals surface area contributed by atoms with Gasteiger partial charge in [-0.2, -0.15) is 0 Å². The molecule has 142 valence electrons. The van der Waals surface area contributed by atoms with Crippen molar-refractivity contribution in [2.75, 3.05) is 12.4 Å². The van der Waals surface area contributed by atoms with Crippen molar-refractivity contribution >= 4 is 34.1 Å². The Hall–Kier alpha value is -2.39. The number of nitrogens with one attached hydrogen (secondary N) is 1. The molecule has 3 rings (SSSR count). The van der Waals surface area contributed by atoms with Gasteiger partial charge in [-0.25, -0.2) is 4.98 Å². The quantitative estimate of drug-likeness (QED) is 0.632. The standard InChI is InChI=1S/C18H21N5O2S2/c1-10-11(2)26-17(19-10)20-16(24)12(3)27-18-22-21-15(23(18)4)13-6-8-14(25-5)9-7-13/h6-9,12H,1-5H3,(H,19,20,24)/t12-/m0/s1. The molecule has 0 fully saturated rings. The van der Waals surface area contributed by atoms with Crippen LogP contribution in [0.2, 0.25) is 0 Å². The number of thiazole rings is 1. The van der Waals surface area contributed by atoms with Gasteiger partial charge in [0.15, 0.2) is 16.1 Å². The van der Waals surface area contributed by atoms with E-state index in [0.29, 0.717) is 10.3 Å². The number of hydrogen-bond donors (Lipinski definition) is 1. The third-order valence-electron chi connectivity index (χ3n) is 4.09. The Labute approximate surface area is 166 Å². The first-order chi connectivity index (χ1) is 12.9. The Morgan fingerprint density at radius 3 is 2.56 bits per heavy atom. The van der Waals surface area contributed by atoms with Crippen LogP contribution in [0.5, 0.6) is 5.75 Å². The zero-order valence-electron chi connectivity index (χ0n) is 15.8. The van der Waals surface area contributed by atoms with E-state index in [1.807, 2.05) is 56.7 Å². The van der Waals surface area contributed by atoms with Crippen molar-refractivity contribution in [3.05, 3.63) is 34.8 Å². The summed E-state index contributed by atoms with van der Waals surface area (Å²) in [4.78, 5) is 17.9. The van der Waals surface area contributed by atoms with Crippen LogP contribution in [0.3, 0.4) is 0 Å². The first-order valence-electron chi connectivity index (χ1n) is 8.34. The number of anilines is 1. The van der Waals surface area contributed by atoms with E-state index in [4.69, 9.17) is 4.74 Å². The second kappa shape index (κ2) is 8.10. The molecular weight excluding hydrogens is 382 g/mol. The molecule has 2 heterocycles. The lowest BCUT2D eigenvalue weighted by molar-refractivity contribution is -0.115. The number of thioether (sulfide) groups is 1. The molecule has 0 aliphatic heterocycles. The van der Waals surface area contributed by atoms with Gasteiger partial charge in [0.05, 0.1) is 18.1 Å². The van der Waals surface area contributed by atoms with Crippen LogP contribution in [0, 0.1) is 13.8 Å². The molecule has 0 aliphatic carbocycles. The number of carbonyl (C=O) groups excluding carboxylic acids is 1. The van der Waals surface area contributed by atoms with Crippen LogP contribution in [0.25, 0.3) is 11.4 Å². The fourth-order valence-electron chi connectivity index (χ4n) is 2.35. The number of benzene rings is 1. The highest BCUT2D eigenvalue weighted by Gasteiger charge is 2.20. The minimum atomic E-state index is -0.332. The Balaban J connectivity index is 1.69. The van der Waals surface area contributed by atoms with E-state index >= 15 is 0 Å². The molecule has 0 spiro atoms. The molecular formula is C18H21N5O2S2. The second-order valence-corrected chi connectivity index (χ2v) is 8.51. The SMILES string of the molecule is COc1ccc(-c2nnc(S[C@@H](C)C(=O)Nc3nc(C)c(C)s3)n2C)cc1. The molecule has 0 saturated carbocycles. The Morgan fingerprint density at radius 1 is 1.26 bits per heavy atom. The molecule has 0 aliphatic rings. The summed E-state index contributed by atoms with van der Waals surface area (Å²) in [5, 5.41) is 12.3. The molecule has 1 atom stereocenters. The first kappa shape index (κ1) is 19.4. The summed E-state index contributed by atoms with van der Waals surface area (Å²) >= 11 is 2.84. The molecule has 0 saturated heterocycles. The largest absolute Gasteiger partial charge is 0.497 e. The minimum absolute atomic E-state index is 0.109. The predicted octanol–water partition coefficient (Wildman–Crippen LogP) is 3.68. The third-order valence-corrected chi connectivity index (χ3v) is 6.22. The third kappa shape index (κ3) is 4.30. The van der Waals surface area contributed by atoms with Gasteiger partial charge in [-0.15, -0.1) is 21.5 Å². The molecule has 9 heteroatoms. The summed E-state index contributed by atoms with van der Waals surface area (Å²) in [6.45, 7) is 5.76. The average Bonchev–Trinajstić information content (AvgIpc) is 3.17. The number of aromatic nitrogens is 4. The van der Waals surface area contributed by atoms with Crippen LogP contribution in [0.15, 0.2) is 29.4 Å². The molecule has 3 aromatic rings. The smallest absolute Gasteiger partial charge is 0.239 e. The van der Waals surface area contributed by atoms with Gasteiger partial charge < -0.3 is 14.6 Å². The van der Waals surface area contributed by atoms with Gasteiger partial charge in [0, 0.05) is 17.5 Å². The fourth-order valence-corrected chi connectivity index (χ4v) is 3.99. The molecule has 0 radical (unpaired) electrons. The van der Waals surface area contributed by atoms with Crippen LogP contribution < -0.4 is 10.1 Å². The van der Waals surface area contributed by atoms with Crippen molar-refractivity contribution in [3.63, 3.8) is 0 Å². The highest BCUT2D eigenvalue weighted by Crippen LogP contribution is 2.28. The topological polar surface area (TPSA) is 81.9 Å². The summed E-state index contributed by atoms with van der Waals surface area (Å²) in [7, 11) is 3.52. The van der Waals surface area contributed by atoms with E-state index in [1.165, 1.54) is 23.1 Å². The monoisotopic (exact) mass is 403 g/mol. The highest BCUT2D eigenvalue weighted by atomic mass is 32.2. The van der Waals surface area contributed by atoms with Crippen LogP contribution >= 0.6 is 23.1 Å². The minimum Gasteiger partial charge on any atom is -0.497 e. The van der Waals surface area contributed by atoms with Gasteiger partial charge in [0.25, 0.3) is 0 Å². The van der Waals surface area contributed by atoms with E-state index in [0.717, 1.165) is 27.7 Å². The zero-order chi connectivity index (χ0) is 19.6. The Bertz CT molecular complexity index is 930. The maximum absolute atomic E-state index is 12.5. The van der Waals surface area contributed by atoms with E-state index in [2.05, 4.69) is 20.5 Å². The number of carbonyl (C=O) groups is 1. The molecule has 0 bridgehead atoms. The second-order valence-electron chi connectivity index (χ2n) is 6.00. The number of hydrogen-bond acceptors (Lipinski definition) is 7. The Kier molecular flexibility index (Phi) is 5.81. The molecule has 1 N–H and O–H groups in total. The van der Waals surface area contributed by atoms with E-state index in [9.17, 15) is 4.79 Å². The summed E-state index contributed by atoms with van der Waals surface area (Å²) in [5.74, 6) is 1.41. The number of methoxy groups -OCH3 is 1. The van der Waals surface area contributed by atoms with Gasteiger partial charge >= 0.3 is 0 Å². The van der Waals surface area contributed by atoms with E-state index < -0.39 is 0 Å². The fraction of sp³-hybridized carbons (Fsp3) is 0.333. The lowest BCUT2D eigenvalue weighted by Crippen LogP contribution is -2.22. The van der Waals surface area contributed by atoms with Crippen molar-refractivity contribution in [3.8, 4) is 17.1 Å². The average molecular weight is 404 g/mol. The molecule has 0 unspecified atom stereocenters. The first-order valence-corrected chi connectivity index (χ1v) is 10.0. The molecule has 2 aromatic heterocycles. The van der Waals surface area contributed by atoms with Crippen molar-refractivity contribution in [2.45, 2.75) is 31.2 Å². The van der Waals surface area contributed by atoms with Gasteiger partial charge in [-0.1, -0.05) is 11.8 Å². The maximum Gasteiger partial charge on any atom is 0.239 e. The Morgan fingerprint density at radius 2 is 1.96 bits per heavy atom. The highest BCUT2D eigenvalue weighted by molar-refractivity contribution is 8.00. The summed E-state index contributed by atoms with van der Waals surface area (Å²) in [5.41, 5.74) is 1.87. The van der Waals surface area contributed by atoms with Crippen LogP contribution in [-0.4, -0.2) is 38.0 Å². The number of amides is 1. The molecule has 27 heavy (non-hydrogen) atoms. The van der Waals surface area contributed by atoms with Crippen LogP contribution in [-0.2, 0) is 11.8 Å². The summed E-state index contributed by atoms with van der Waals surface area (Å²) in [6, 6.07) is 7.62. The normalized spacial score (nSPS) is 12.0. The lowest BCUT2D eigenvalue weighted by atomic mass is 10.2. The lowest BCUT2D eigenvalue weighted by Gasteiger charge is -2.10. The van der Waals surface area contributed by atoms with Gasteiger partial charge in [-0.05, 0) is 45.0 Å². The predicted molar refractivity (Wildman–Crippen MR) is 109 cm³/mol. The van der Waals surface area contributed by atoms with Crippen molar-refractivity contribution < 1.29 is 9.53 Å². The zero-order valence-corrected chi connectivity index (χ0v) is 17.4. The molecule has 1 amide bonds. The van der Waals surface area contributed by atoms with E-state index in [-0.39, 0.29) is 11.2 Å².